The quantitative estimate of drug-likeness (QED) is 0.0117. The monoisotopic (exact) mass is 1460 g/mol. The van der Waals surface area contributed by atoms with Gasteiger partial charge in [0.15, 0.2) is 0 Å². The minimum absolute atomic E-state index is 0. The Morgan fingerprint density at radius 3 is 1.20 bits per heavy atom. The van der Waals surface area contributed by atoms with E-state index in [2.05, 4.69) is 85.9 Å². The van der Waals surface area contributed by atoms with Gasteiger partial charge in [0.25, 0.3) is 23.6 Å². The molecule has 4 aliphatic carbocycles. The van der Waals surface area contributed by atoms with Crippen molar-refractivity contribution in [1.29, 1.82) is 0 Å². The molecule has 6 heterocycles. The van der Waals surface area contributed by atoms with E-state index in [1.165, 1.54) is 11.3 Å². The SMILES string of the molecule is C#CCO.CCC1CC(NC(=O)c2cc(-c3ccccc3)no2)C1.O=C(NC1CC(Cn2cc(CO)nn2)C1)c1cc(-c2ccccc2)no1.O=C(NC1CC(Cn2nncc2CO)C1)c1cc(-c2ccccc2)no1.[2H]CF.[2H]CF.[N-]=[N+]=NCC1CC(NC(=O)c2cc(-c3ccccc3)no2)C1.[N-]=[N+]=[N-].[Na+]. The molecule has 0 spiro atoms. The Morgan fingerprint density at radius 2 is 0.896 bits per heavy atom. The number of hydrogen-bond acceptors (Lipinski definition) is 20. The molecule has 10 aromatic rings. The van der Waals surface area contributed by atoms with E-state index >= 15 is 0 Å². The van der Waals surface area contributed by atoms with Crippen LogP contribution in [0.3, 0.4) is 0 Å². The van der Waals surface area contributed by atoms with Crippen molar-refractivity contribution in [1.82, 2.24) is 71.9 Å². The van der Waals surface area contributed by atoms with Crippen LogP contribution in [0.5, 0.6) is 0 Å². The van der Waals surface area contributed by atoms with Crippen LogP contribution in [0.4, 0.5) is 8.78 Å². The number of aliphatic hydroxyl groups excluding tert-OH is 3. The van der Waals surface area contributed by atoms with E-state index in [1.54, 1.807) is 46.0 Å². The van der Waals surface area contributed by atoms with Crippen LogP contribution in [-0.2, 0) is 26.3 Å². The van der Waals surface area contributed by atoms with Crippen LogP contribution in [0.25, 0.3) is 71.4 Å². The van der Waals surface area contributed by atoms with Gasteiger partial charge < -0.3 is 65.7 Å². The van der Waals surface area contributed by atoms with Crippen LogP contribution < -0.4 is 50.8 Å². The first-order chi connectivity index (χ1) is 52.1. The number of amides is 4. The largest absolute Gasteiger partial charge is 1.00 e. The van der Waals surface area contributed by atoms with Crippen LogP contribution in [0, 0.1) is 36.0 Å². The first kappa shape index (κ1) is 80.5. The summed E-state index contributed by atoms with van der Waals surface area (Å²) in [6, 6.07) is 45.7. The Morgan fingerprint density at radius 1 is 0.566 bits per heavy atom. The molecule has 0 bridgehead atoms. The fourth-order valence-electron chi connectivity index (χ4n) is 11.4. The zero-order chi connectivity index (χ0) is 76.7. The second-order valence-electron chi connectivity index (χ2n) is 24.2. The number of aromatic nitrogens is 10. The molecule has 4 saturated carbocycles. The summed E-state index contributed by atoms with van der Waals surface area (Å²) in [5.74, 6) is 3.94. The van der Waals surface area contributed by atoms with E-state index in [0.717, 1.165) is 86.1 Å². The number of nitrogens with one attached hydrogen (secondary N) is 4. The standard InChI is InChI=1S/2C18H19N5O3.C16H18N2O2.C15H15N5O2.C3H4O.2CH3F.N3.Na/c24-11-15-9-19-22-23(15)10-12-6-14(7-12)20-18(25)17-8-16(21-26-17)13-4-2-1-3-5-13;24-11-15-10-23(22-20-15)9-12-6-14(7-12)19-18(25)17-8-16(21-26-17)13-4-2-1-3-5-13;1-2-11-8-13(9-11)17-16(19)15-10-14(18-20-15)12-6-4-3-5-7-12;16-20-17-9-10-6-12(7-10)18-15(21)14-8-13(19-22-14)11-4-2-1-3-5-11;1-2-3-4;2*1-2;1-3-2;/h1-5,8-9,12,14,24H,6-7,10-11H2,(H,20,25);1-5,8,10,12,14,24H,6-7,9,11H2,(H,19,25);3-7,10-11,13H,2,8-9H2,1H3,(H,17,19);1-5,8,10,12H,6-7,9H2,(H,18,21);1,4H,3H2;2*1H3;;/q;;;;;;;-1;+1/i;;;;;2*1D;;. The van der Waals surface area contributed by atoms with Crippen molar-refractivity contribution in [3.8, 4) is 57.4 Å². The molecule has 0 radical (unpaired) electrons. The Kier molecular flexibility index (Phi) is 34.3. The maximum atomic E-state index is 12.3. The molecule has 14 rings (SSSR count). The minimum Gasteiger partial charge on any atom is -0.390 e. The molecule has 34 heteroatoms. The number of rotatable bonds is 21. The summed E-state index contributed by atoms with van der Waals surface area (Å²) >= 11 is 0. The summed E-state index contributed by atoms with van der Waals surface area (Å²) < 4.78 is 55.1. The fourth-order valence-corrected chi connectivity index (χ4v) is 11.4. The molecule has 106 heavy (non-hydrogen) atoms. The van der Waals surface area contributed by atoms with Gasteiger partial charge in [0.1, 0.15) is 35.1 Å². The summed E-state index contributed by atoms with van der Waals surface area (Å²) in [6.45, 7) is 3.78. The number of hydrogen-bond donors (Lipinski definition) is 7. The second kappa shape index (κ2) is 45.1. The van der Waals surface area contributed by atoms with Crippen molar-refractivity contribution in [3.63, 3.8) is 0 Å². The van der Waals surface area contributed by atoms with Gasteiger partial charge in [-0.15, -0.1) is 16.6 Å². The summed E-state index contributed by atoms with van der Waals surface area (Å²) in [5, 5.41) is 72.6. The average molecular weight is 1470 g/mol. The third-order valence-electron chi connectivity index (χ3n) is 17.1. The van der Waals surface area contributed by atoms with Crippen LogP contribution in [0.15, 0.2) is 181 Å². The molecule has 0 aliphatic heterocycles. The van der Waals surface area contributed by atoms with Crippen molar-refractivity contribution in [2.45, 2.75) is 115 Å². The van der Waals surface area contributed by atoms with Crippen LogP contribution in [0.2, 0.25) is 0 Å². The fraction of sp³-hybridized carbons (Fsp3) is 0.361. The molecule has 4 amide bonds. The zero-order valence-corrected chi connectivity index (χ0v) is 60.2. The Labute approximate surface area is 633 Å². The molecular formula is C72H81F2N20NaO11. The third kappa shape index (κ3) is 25.6. The van der Waals surface area contributed by atoms with Crippen molar-refractivity contribution >= 4 is 23.6 Å². The van der Waals surface area contributed by atoms with Gasteiger partial charge in [-0.1, -0.05) is 177 Å². The van der Waals surface area contributed by atoms with Gasteiger partial charge in [-0.3, -0.25) is 37.6 Å². The predicted molar refractivity (Wildman–Crippen MR) is 380 cm³/mol. The average Bonchev–Trinajstić information content (AvgIpc) is 1.50. The summed E-state index contributed by atoms with van der Waals surface area (Å²) in [4.78, 5) is 53.0. The van der Waals surface area contributed by atoms with Crippen molar-refractivity contribution in [3.05, 3.63) is 219 Å². The number of terminal acetylenes is 1. The van der Waals surface area contributed by atoms with E-state index in [0.29, 0.717) is 65.0 Å². The van der Waals surface area contributed by atoms with Gasteiger partial charge in [-0.2, -0.15) is 0 Å². The van der Waals surface area contributed by atoms with Gasteiger partial charge in [-0.05, 0) is 80.6 Å². The first-order valence-electron chi connectivity index (χ1n) is 34.6. The smallest absolute Gasteiger partial charge is 0.390 e. The summed E-state index contributed by atoms with van der Waals surface area (Å²) in [5.41, 5.74) is 29.3. The van der Waals surface area contributed by atoms with Crippen LogP contribution in [0.1, 0.15) is 121 Å². The van der Waals surface area contributed by atoms with Gasteiger partial charge in [0.2, 0.25) is 23.0 Å². The number of azide groups is 1. The van der Waals surface area contributed by atoms with Gasteiger partial charge in [0, 0.05) is 95.2 Å². The van der Waals surface area contributed by atoms with E-state index in [4.69, 9.17) is 47.6 Å². The number of benzene rings is 4. The van der Waals surface area contributed by atoms with E-state index < -0.39 is 14.3 Å². The van der Waals surface area contributed by atoms with E-state index in [1.807, 2.05) is 127 Å². The number of alkyl halides is 2. The molecule has 7 N–H and O–H groups in total. The molecular weight excluding hydrogens is 1380 g/mol. The summed E-state index contributed by atoms with van der Waals surface area (Å²) in [6.07, 6.45) is 16.3. The predicted octanol–water partition coefficient (Wildman–Crippen LogP) is 8.34. The number of carbonyl (C=O) groups is 4. The normalized spacial score (nSPS) is 18.1. The van der Waals surface area contributed by atoms with Crippen molar-refractivity contribution in [2.75, 3.05) is 27.5 Å². The number of aliphatic hydroxyl groups is 3. The van der Waals surface area contributed by atoms with Gasteiger partial charge in [0.05, 0.1) is 48.4 Å². The summed E-state index contributed by atoms with van der Waals surface area (Å²) in [7, 11) is -2.00. The Hall–Kier alpha value is -11.2. The first-order valence-corrected chi connectivity index (χ1v) is 33.2. The molecule has 0 saturated heterocycles. The molecule has 4 fully saturated rings. The molecule has 31 nitrogen and oxygen atoms in total. The molecule has 4 aromatic carbocycles. The van der Waals surface area contributed by atoms with Crippen molar-refractivity contribution in [2.24, 2.45) is 28.8 Å². The van der Waals surface area contributed by atoms with E-state index in [9.17, 15) is 33.1 Å². The molecule has 0 unspecified atom stereocenters. The topological polar surface area (TPSA) is 450 Å². The Balaban J connectivity index is 0.000000213. The third-order valence-corrected chi connectivity index (χ3v) is 17.1. The van der Waals surface area contributed by atoms with E-state index in [-0.39, 0.29) is 120 Å². The number of halogens is 2. The zero-order valence-electron chi connectivity index (χ0n) is 60.2. The van der Waals surface area contributed by atoms with Crippen molar-refractivity contribution < 1.29 is 93.7 Å². The Bertz CT molecular complexity index is 4420. The molecule has 6 aromatic heterocycles. The van der Waals surface area contributed by atoms with Gasteiger partial charge >= 0.3 is 29.6 Å². The molecule has 0 atom stereocenters. The van der Waals surface area contributed by atoms with Crippen LogP contribution in [-0.4, -0.2) is 141 Å². The van der Waals surface area contributed by atoms with Crippen LogP contribution >= 0.6 is 0 Å². The number of nitrogens with zero attached hydrogens (tertiary/aromatic N) is 16. The number of carbonyl (C=O) groups excluding carboxylic acids is 4. The second-order valence-corrected chi connectivity index (χ2v) is 24.2. The molecule has 4 aliphatic rings. The minimum atomic E-state index is -1.00. The maximum Gasteiger partial charge on any atom is 1.00 e. The van der Waals surface area contributed by atoms with Gasteiger partial charge in [-0.25, -0.2) is 4.68 Å². The molecule has 550 valence electrons. The maximum absolute atomic E-state index is 12.3.